The summed E-state index contributed by atoms with van der Waals surface area (Å²) in [5.41, 5.74) is 0.865. The van der Waals surface area contributed by atoms with E-state index >= 15 is 0 Å². The molecule has 0 bridgehead atoms. The van der Waals surface area contributed by atoms with Gasteiger partial charge in [0, 0.05) is 18.7 Å². The quantitative estimate of drug-likeness (QED) is 0.415. The van der Waals surface area contributed by atoms with Crippen LogP contribution in [0.1, 0.15) is 26.3 Å². The number of β-lactam (4-membered cyclic amide) rings is 1. The summed E-state index contributed by atoms with van der Waals surface area (Å²) < 4.78 is 4.67. The fraction of sp³-hybridized carbons (Fsp3) is 0.500. The van der Waals surface area contributed by atoms with Gasteiger partial charge in [0.05, 0.1) is 6.42 Å². The van der Waals surface area contributed by atoms with Gasteiger partial charge in [0.2, 0.25) is 17.7 Å². The molecule has 1 aromatic carbocycles. The number of ether oxygens (including phenoxy) is 1. The van der Waals surface area contributed by atoms with Crippen LogP contribution in [-0.2, 0) is 30.3 Å². The van der Waals surface area contributed by atoms with Crippen molar-refractivity contribution in [3.63, 3.8) is 0 Å². The number of carbonyl (C=O) groups excluding carboxylic acids is 4. The first-order valence-electron chi connectivity index (χ1n) is 9.33. The Labute approximate surface area is 173 Å². The summed E-state index contributed by atoms with van der Waals surface area (Å²) in [6, 6.07) is 7.86. The van der Waals surface area contributed by atoms with Crippen LogP contribution in [0, 0.1) is 0 Å². The third-order valence-electron chi connectivity index (χ3n) is 5.13. The van der Waals surface area contributed by atoms with E-state index in [1.807, 2.05) is 44.2 Å². The number of thioether (sulfide) groups is 1. The Morgan fingerprint density at radius 1 is 1.24 bits per heavy atom. The second-order valence-electron chi connectivity index (χ2n) is 7.78. The van der Waals surface area contributed by atoms with Crippen LogP contribution >= 0.6 is 11.8 Å². The van der Waals surface area contributed by atoms with Gasteiger partial charge in [0.15, 0.2) is 6.73 Å². The molecule has 0 radical (unpaired) electrons. The van der Waals surface area contributed by atoms with Crippen LogP contribution in [0.25, 0.3) is 0 Å². The lowest BCUT2D eigenvalue weighted by Gasteiger charge is -2.44. The molecule has 3 rings (SSSR count). The number of hydrogen-bond donors (Lipinski definition) is 1. The van der Waals surface area contributed by atoms with Gasteiger partial charge >= 0.3 is 5.97 Å². The van der Waals surface area contributed by atoms with E-state index in [1.165, 1.54) is 35.5 Å². The third-order valence-corrected chi connectivity index (χ3v) is 6.70. The molecule has 2 aliphatic rings. The zero-order valence-electron chi connectivity index (χ0n) is 16.9. The van der Waals surface area contributed by atoms with Gasteiger partial charge in [-0.25, -0.2) is 4.79 Å². The number of carbonyl (C=O) groups is 4. The Balaban J connectivity index is 1.62. The van der Waals surface area contributed by atoms with Gasteiger partial charge in [-0.05, 0) is 19.4 Å². The lowest BCUT2D eigenvalue weighted by Crippen LogP contribution is -2.70. The number of nitrogens with one attached hydrogen (secondary N) is 1. The molecule has 0 aromatic heterocycles. The number of nitrogens with zero attached hydrogens (tertiary/aromatic N) is 2. The molecule has 3 amide bonds. The van der Waals surface area contributed by atoms with E-state index < -0.39 is 22.8 Å². The highest BCUT2D eigenvalue weighted by Crippen LogP contribution is 2.51. The summed E-state index contributed by atoms with van der Waals surface area (Å²) in [6.07, 6.45) is 0.189. The average Bonchev–Trinajstić information content (AvgIpc) is 2.92. The summed E-state index contributed by atoms with van der Waals surface area (Å²) >= 11 is 1.46. The van der Waals surface area contributed by atoms with Crippen LogP contribution in [0.4, 0.5) is 0 Å². The highest BCUT2D eigenvalue weighted by molar-refractivity contribution is 8.01. The minimum Gasteiger partial charge on any atom is -0.443 e. The topological polar surface area (TPSA) is 96.0 Å². The van der Waals surface area contributed by atoms with Gasteiger partial charge in [-0.1, -0.05) is 30.3 Å². The first-order chi connectivity index (χ1) is 13.6. The zero-order chi connectivity index (χ0) is 21.3. The van der Waals surface area contributed by atoms with Crippen molar-refractivity contribution >= 4 is 35.5 Å². The van der Waals surface area contributed by atoms with Crippen molar-refractivity contribution in [3.8, 4) is 0 Å². The summed E-state index contributed by atoms with van der Waals surface area (Å²) in [7, 11) is 1.53. The fourth-order valence-corrected chi connectivity index (χ4v) is 5.08. The van der Waals surface area contributed by atoms with Gasteiger partial charge < -0.3 is 19.9 Å². The van der Waals surface area contributed by atoms with E-state index in [4.69, 9.17) is 4.74 Å². The molecule has 8 nitrogen and oxygen atoms in total. The van der Waals surface area contributed by atoms with Crippen molar-refractivity contribution in [3.05, 3.63) is 35.9 Å². The van der Waals surface area contributed by atoms with Crippen LogP contribution in [0.2, 0.25) is 0 Å². The highest BCUT2D eigenvalue weighted by Gasteiger charge is 2.64. The van der Waals surface area contributed by atoms with E-state index in [2.05, 4.69) is 5.32 Å². The minimum absolute atomic E-state index is 0.171. The molecule has 0 spiro atoms. The molecular weight excluding hydrogens is 394 g/mol. The maximum atomic E-state index is 12.7. The Morgan fingerprint density at radius 3 is 2.52 bits per heavy atom. The maximum absolute atomic E-state index is 12.7. The lowest BCUT2D eigenvalue weighted by atomic mass is 9.96. The second-order valence-corrected chi connectivity index (χ2v) is 9.55. The van der Waals surface area contributed by atoms with Crippen LogP contribution in [-0.4, -0.2) is 69.5 Å². The van der Waals surface area contributed by atoms with E-state index in [1.54, 1.807) is 0 Å². The smallest absolute Gasteiger partial charge is 0.332 e. The zero-order valence-corrected chi connectivity index (χ0v) is 17.7. The molecule has 2 aliphatic heterocycles. The first-order valence-corrected chi connectivity index (χ1v) is 10.2. The van der Waals surface area contributed by atoms with Gasteiger partial charge in [-0.2, -0.15) is 0 Å². The lowest BCUT2D eigenvalue weighted by molar-refractivity contribution is -0.167. The van der Waals surface area contributed by atoms with Gasteiger partial charge in [0.1, 0.15) is 17.5 Å². The molecule has 2 heterocycles. The number of hydrogen-bond acceptors (Lipinski definition) is 6. The van der Waals surface area contributed by atoms with Crippen molar-refractivity contribution in [2.45, 2.75) is 49.4 Å². The SMILES string of the molecule is CC(=O)N(C)COC(=O)[C@@H]1N2C(=O)[C@@H](NC(=O)Cc3ccccc3)[C@H]2SC1(C)C. The van der Waals surface area contributed by atoms with Crippen LogP contribution in [0.15, 0.2) is 30.3 Å². The van der Waals surface area contributed by atoms with Crippen LogP contribution in [0.3, 0.4) is 0 Å². The Bertz CT molecular complexity index is 829. The molecule has 156 valence electrons. The molecule has 3 atom stereocenters. The largest absolute Gasteiger partial charge is 0.443 e. The van der Waals surface area contributed by atoms with Crippen molar-refractivity contribution < 1.29 is 23.9 Å². The second kappa shape index (κ2) is 8.06. The minimum atomic E-state index is -0.771. The monoisotopic (exact) mass is 419 g/mol. The van der Waals surface area contributed by atoms with E-state index in [0.29, 0.717) is 0 Å². The number of fused-ring (bicyclic) bond motifs is 1. The van der Waals surface area contributed by atoms with E-state index in [9.17, 15) is 19.2 Å². The molecular formula is C20H25N3O5S. The summed E-state index contributed by atoms with van der Waals surface area (Å²) in [5, 5.41) is 2.47. The standard InChI is InChI=1S/C20H25N3O5S/c1-12(24)22(4)11-28-19(27)16-20(2,3)29-18-15(17(26)23(16)18)21-14(25)10-13-8-6-5-7-9-13/h5-9,15-16,18H,10-11H2,1-4H3,(H,21,25)/t15-,16+,18-/m1/s1. The first kappa shape index (κ1) is 21.2. The predicted molar refractivity (Wildman–Crippen MR) is 108 cm³/mol. The number of benzene rings is 1. The number of esters is 1. The van der Waals surface area contributed by atoms with E-state index in [-0.39, 0.29) is 36.2 Å². The maximum Gasteiger partial charge on any atom is 0.332 e. The summed E-state index contributed by atoms with van der Waals surface area (Å²) in [4.78, 5) is 51.7. The molecule has 0 saturated carbocycles. The molecule has 1 aromatic rings. The van der Waals surface area contributed by atoms with Crippen molar-refractivity contribution in [1.82, 2.24) is 15.1 Å². The molecule has 0 aliphatic carbocycles. The van der Waals surface area contributed by atoms with Crippen LogP contribution in [0.5, 0.6) is 0 Å². The number of amides is 3. The Kier molecular flexibility index (Phi) is 5.88. The molecule has 1 N–H and O–H groups in total. The van der Waals surface area contributed by atoms with Crippen molar-refractivity contribution in [1.29, 1.82) is 0 Å². The molecule has 0 unspecified atom stereocenters. The summed E-state index contributed by atoms with van der Waals surface area (Å²) in [5.74, 6) is -1.31. The molecule has 29 heavy (non-hydrogen) atoms. The number of rotatable bonds is 6. The molecule has 2 saturated heterocycles. The predicted octanol–water partition coefficient (Wildman–Crippen LogP) is 0.755. The summed E-state index contributed by atoms with van der Waals surface area (Å²) in [6.45, 7) is 4.94. The molecule has 9 heteroatoms. The van der Waals surface area contributed by atoms with Crippen molar-refractivity contribution in [2.75, 3.05) is 13.8 Å². The van der Waals surface area contributed by atoms with Gasteiger partial charge in [0.25, 0.3) is 0 Å². The highest BCUT2D eigenvalue weighted by atomic mass is 32.2. The van der Waals surface area contributed by atoms with Gasteiger partial charge in [-0.3, -0.25) is 14.4 Å². The normalized spacial score (nSPS) is 24.3. The third kappa shape index (κ3) is 4.24. The Morgan fingerprint density at radius 2 is 1.90 bits per heavy atom. The van der Waals surface area contributed by atoms with E-state index in [0.717, 1.165) is 5.56 Å². The van der Waals surface area contributed by atoms with Crippen LogP contribution < -0.4 is 5.32 Å². The molecule has 2 fully saturated rings. The van der Waals surface area contributed by atoms with Gasteiger partial charge in [-0.15, -0.1) is 11.8 Å². The Hall–Kier alpha value is -2.55. The fourth-order valence-electron chi connectivity index (χ4n) is 3.46. The average molecular weight is 420 g/mol. The van der Waals surface area contributed by atoms with Crippen molar-refractivity contribution in [2.24, 2.45) is 0 Å².